The molecule has 0 aliphatic carbocycles. The van der Waals surface area contributed by atoms with Crippen molar-refractivity contribution in [3.8, 4) is 0 Å². The summed E-state index contributed by atoms with van der Waals surface area (Å²) in [6, 6.07) is 5.97. The number of anilines is 1. The zero-order chi connectivity index (χ0) is 11.8. The van der Waals surface area contributed by atoms with E-state index in [1.54, 1.807) is 0 Å². The largest absolute Gasteiger partial charge is 0.356 e. The molecule has 4 heteroatoms. The zero-order valence-corrected chi connectivity index (χ0v) is 9.45. The van der Waals surface area contributed by atoms with Gasteiger partial charge in [-0.25, -0.2) is 0 Å². The van der Waals surface area contributed by atoms with Crippen LogP contribution in [0.1, 0.15) is 17.5 Å². The van der Waals surface area contributed by atoms with E-state index in [1.165, 1.54) is 0 Å². The van der Waals surface area contributed by atoms with Crippen molar-refractivity contribution >= 4 is 17.5 Å². The van der Waals surface area contributed by atoms with Gasteiger partial charge < -0.3 is 10.6 Å². The lowest BCUT2D eigenvalue weighted by Gasteiger charge is -2.08. The third-order valence-electron chi connectivity index (χ3n) is 3.44. The minimum Gasteiger partial charge on any atom is -0.356 e. The quantitative estimate of drug-likeness (QED) is 0.791. The molecule has 1 aromatic carbocycles. The predicted octanol–water partition coefficient (Wildman–Crippen LogP) is 0.860. The molecule has 2 N–H and O–H groups in total. The molecule has 1 aromatic rings. The second-order valence-corrected chi connectivity index (χ2v) is 4.70. The first-order chi connectivity index (χ1) is 8.22. The van der Waals surface area contributed by atoms with E-state index in [2.05, 4.69) is 10.6 Å². The number of rotatable bonds is 2. The molecule has 2 aliphatic heterocycles. The number of fused-ring (bicyclic) bond motifs is 1. The molecule has 1 atom stereocenters. The Bertz CT molecular complexity index is 496. The van der Waals surface area contributed by atoms with Crippen molar-refractivity contribution in [2.45, 2.75) is 19.3 Å². The Morgan fingerprint density at radius 3 is 2.94 bits per heavy atom. The minimum atomic E-state index is 0.0516. The molecule has 2 amide bonds. The van der Waals surface area contributed by atoms with Crippen molar-refractivity contribution in [3.63, 3.8) is 0 Å². The van der Waals surface area contributed by atoms with Crippen LogP contribution < -0.4 is 10.6 Å². The van der Waals surface area contributed by atoms with Crippen molar-refractivity contribution < 1.29 is 9.59 Å². The minimum absolute atomic E-state index is 0.0516. The zero-order valence-electron chi connectivity index (χ0n) is 9.45. The van der Waals surface area contributed by atoms with Crippen molar-refractivity contribution in [1.29, 1.82) is 0 Å². The number of carbonyl (C=O) groups excluding carboxylic acids is 2. The number of hydrogen-bond donors (Lipinski definition) is 2. The van der Waals surface area contributed by atoms with Gasteiger partial charge in [-0.15, -0.1) is 0 Å². The van der Waals surface area contributed by atoms with Crippen molar-refractivity contribution in [1.82, 2.24) is 5.32 Å². The fourth-order valence-corrected chi connectivity index (χ4v) is 2.53. The van der Waals surface area contributed by atoms with Crippen LogP contribution in [0.15, 0.2) is 18.2 Å². The second kappa shape index (κ2) is 3.87. The molecule has 4 nitrogen and oxygen atoms in total. The van der Waals surface area contributed by atoms with Gasteiger partial charge in [0.05, 0.1) is 6.42 Å². The van der Waals surface area contributed by atoms with Crippen LogP contribution in [0, 0.1) is 5.92 Å². The van der Waals surface area contributed by atoms with Gasteiger partial charge in [-0.1, -0.05) is 12.1 Å². The van der Waals surface area contributed by atoms with Crippen LogP contribution in [-0.2, 0) is 22.4 Å². The van der Waals surface area contributed by atoms with Gasteiger partial charge in [0.15, 0.2) is 0 Å². The molecular formula is C13H14N2O2. The molecule has 3 rings (SSSR count). The van der Waals surface area contributed by atoms with Crippen LogP contribution in [0.25, 0.3) is 0 Å². The van der Waals surface area contributed by atoms with Gasteiger partial charge in [0, 0.05) is 18.2 Å². The van der Waals surface area contributed by atoms with Crippen LogP contribution in [0.4, 0.5) is 5.69 Å². The van der Waals surface area contributed by atoms with Crippen LogP contribution in [0.3, 0.4) is 0 Å². The molecule has 0 spiro atoms. The van der Waals surface area contributed by atoms with Crippen LogP contribution in [-0.4, -0.2) is 18.4 Å². The van der Waals surface area contributed by atoms with E-state index in [9.17, 15) is 9.59 Å². The van der Waals surface area contributed by atoms with Crippen LogP contribution in [0.2, 0.25) is 0 Å². The van der Waals surface area contributed by atoms with Crippen molar-refractivity contribution in [2.75, 3.05) is 11.9 Å². The molecule has 0 radical (unpaired) electrons. The van der Waals surface area contributed by atoms with E-state index >= 15 is 0 Å². The van der Waals surface area contributed by atoms with Gasteiger partial charge in [0.25, 0.3) is 0 Å². The molecule has 0 aromatic heterocycles. The van der Waals surface area contributed by atoms with E-state index in [4.69, 9.17) is 0 Å². The number of carbonyl (C=O) groups is 2. The smallest absolute Gasteiger partial charge is 0.228 e. The number of benzene rings is 1. The highest BCUT2D eigenvalue weighted by Crippen LogP contribution is 2.26. The molecule has 0 saturated carbocycles. The van der Waals surface area contributed by atoms with E-state index in [0.717, 1.165) is 36.2 Å². The lowest BCUT2D eigenvalue weighted by atomic mass is 9.96. The molecule has 0 bridgehead atoms. The third kappa shape index (κ3) is 1.90. The second-order valence-electron chi connectivity index (χ2n) is 4.70. The highest BCUT2D eigenvalue weighted by atomic mass is 16.2. The van der Waals surface area contributed by atoms with Gasteiger partial charge in [0.2, 0.25) is 11.8 Å². The Morgan fingerprint density at radius 1 is 1.29 bits per heavy atom. The Labute approximate surface area is 99.4 Å². The van der Waals surface area contributed by atoms with Crippen LogP contribution in [0.5, 0.6) is 0 Å². The predicted molar refractivity (Wildman–Crippen MR) is 63.6 cm³/mol. The van der Waals surface area contributed by atoms with Gasteiger partial charge in [0.1, 0.15) is 0 Å². The third-order valence-corrected chi connectivity index (χ3v) is 3.44. The fourth-order valence-electron chi connectivity index (χ4n) is 2.53. The fraction of sp³-hybridized carbons (Fsp3) is 0.385. The normalized spacial score (nSPS) is 22.2. The van der Waals surface area contributed by atoms with Gasteiger partial charge in [-0.2, -0.15) is 0 Å². The lowest BCUT2D eigenvalue weighted by Crippen LogP contribution is -2.20. The standard InChI is InChI=1S/C13H14N2O2/c16-12-7-10-6-8(1-2-11(10)15-12)5-9-3-4-14-13(9)17/h1-2,6,9H,3-5,7H2,(H,14,17)(H,15,16). The summed E-state index contributed by atoms with van der Waals surface area (Å²) in [5.74, 6) is 0.300. The van der Waals surface area contributed by atoms with Crippen LogP contribution >= 0.6 is 0 Å². The van der Waals surface area contributed by atoms with Gasteiger partial charge in [-0.3, -0.25) is 9.59 Å². The average molecular weight is 230 g/mol. The number of hydrogen-bond acceptors (Lipinski definition) is 2. The molecule has 2 aliphatic rings. The highest BCUT2D eigenvalue weighted by molar-refractivity contribution is 5.99. The van der Waals surface area contributed by atoms with E-state index < -0.39 is 0 Å². The van der Waals surface area contributed by atoms with Gasteiger partial charge >= 0.3 is 0 Å². The number of amides is 2. The van der Waals surface area contributed by atoms with E-state index in [0.29, 0.717) is 6.42 Å². The summed E-state index contributed by atoms with van der Waals surface area (Å²) >= 11 is 0. The Balaban J connectivity index is 1.79. The van der Waals surface area contributed by atoms with Crippen molar-refractivity contribution in [3.05, 3.63) is 29.3 Å². The first-order valence-electron chi connectivity index (χ1n) is 5.92. The molecule has 1 unspecified atom stereocenters. The molecule has 1 fully saturated rings. The van der Waals surface area contributed by atoms with E-state index in [1.807, 2.05) is 18.2 Å². The Morgan fingerprint density at radius 2 is 2.18 bits per heavy atom. The maximum atomic E-state index is 11.5. The topological polar surface area (TPSA) is 58.2 Å². The molecule has 88 valence electrons. The SMILES string of the molecule is O=C1Cc2cc(CC3CCNC3=O)ccc2N1. The molecule has 17 heavy (non-hydrogen) atoms. The first kappa shape index (κ1) is 10.3. The maximum Gasteiger partial charge on any atom is 0.228 e. The first-order valence-corrected chi connectivity index (χ1v) is 5.92. The molecule has 1 saturated heterocycles. The summed E-state index contributed by atoms with van der Waals surface area (Å²) in [5, 5.41) is 5.65. The summed E-state index contributed by atoms with van der Waals surface area (Å²) in [6.07, 6.45) is 2.14. The monoisotopic (exact) mass is 230 g/mol. The van der Waals surface area contributed by atoms with E-state index in [-0.39, 0.29) is 17.7 Å². The Kier molecular flexibility index (Phi) is 2.35. The summed E-state index contributed by atoms with van der Waals surface area (Å²) in [4.78, 5) is 22.7. The Hall–Kier alpha value is -1.84. The summed E-state index contributed by atoms with van der Waals surface area (Å²) in [5.41, 5.74) is 3.10. The van der Waals surface area contributed by atoms with Crippen molar-refractivity contribution in [2.24, 2.45) is 5.92 Å². The highest BCUT2D eigenvalue weighted by Gasteiger charge is 2.25. The average Bonchev–Trinajstić information content (AvgIpc) is 2.84. The number of nitrogens with one attached hydrogen (secondary N) is 2. The molecular weight excluding hydrogens is 216 g/mol. The lowest BCUT2D eigenvalue weighted by molar-refractivity contribution is -0.122. The van der Waals surface area contributed by atoms with Gasteiger partial charge in [-0.05, 0) is 30.0 Å². The summed E-state index contributed by atoms with van der Waals surface area (Å²) < 4.78 is 0. The molecule has 2 heterocycles. The summed E-state index contributed by atoms with van der Waals surface area (Å²) in [6.45, 7) is 0.786. The summed E-state index contributed by atoms with van der Waals surface area (Å²) in [7, 11) is 0. The maximum absolute atomic E-state index is 11.5.